The molecule has 7 nitrogen and oxygen atoms in total. The first-order chi connectivity index (χ1) is 12.5. The largest absolute Gasteiger partial charge is 0.465 e. The predicted molar refractivity (Wildman–Crippen MR) is 99.0 cm³/mol. The quantitative estimate of drug-likeness (QED) is 0.633. The molecule has 2 atom stereocenters. The van der Waals surface area contributed by atoms with Gasteiger partial charge < -0.3 is 14.5 Å². The summed E-state index contributed by atoms with van der Waals surface area (Å²) in [5.74, 6) is -1.44. The molecule has 0 spiro atoms. The summed E-state index contributed by atoms with van der Waals surface area (Å²) in [4.78, 5) is 34.1. The molecule has 0 radical (unpaired) electrons. The van der Waals surface area contributed by atoms with Crippen LogP contribution in [0, 0.1) is 5.92 Å². The highest BCUT2D eigenvalue weighted by molar-refractivity contribution is 6.30. The van der Waals surface area contributed by atoms with Gasteiger partial charge in [-0.25, -0.2) is 4.99 Å². The molecule has 1 fully saturated rings. The lowest BCUT2D eigenvalue weighted by molar-refractivity contribution is -0.153. The molecule has 2 aliphatic heterocycles. The summed E-state index contributed by atoms with van der Waals surface area (Å²) < 4.78 is 5.11. The first-order valence-electron chi connectivity index (χ1n) is 8.74. The summed E-state index contributed by atoms with van der Waals surface area (Å²) in [6.45, 7) is 5.25. The number of nitrogens with one attached hydrogen (secondary N) is 1. The molecule has 140 valence electrons. The molecule has 2 aliphatic rings. The smallest absolute Gasteiger partial charge is 0.321 e. The van der Waals surface area contributed by atoms with E-state index in [4.69, 9.17) is 21.3 Å². The molecule has 2 heterocycles. The number of amides is 1. The van der Waals surface area contributed by atoms with Gasteiger partial charge in [-0.1, -0.05) is 23.7 Å². The van der Waals surface area contributed by atoms with Gasteiger partial charge in [-0.2, -0.15) is 0 Å². The van der Waals surface area contributed by atoms with Crippen LogP contribution in [0.1, 0.15) is 18.5 Å². The first kappa shape index (κ1) is 18.7. The van der Waals surface area contributed by atoms with Crippen LogP contribution in [0.5, 0.6) is 0 Å². The zero-order chi connectivity index (χ0) is 18.7. The van der Waals surface area contributed by atoms with Crippen molar-refractivity contribution in [3.05, 3.63) is 34.9 Å². The van der Waals surface area contributed by atoms with Gasteiger partial charge in [0.15, 0.2) is 5.92 Å². The number of hydrogen-bond donors (Lipinski definition) is 1. The van der Waals surface area contributed by atoms with Crippen LogP contribution in [0.25, 0.3) is 0 Å². The molecule has 0 aliphatic carbocycles. The summed E-state index contributed by atoms with van der Waals surface area (Å²) in [6, 6.07) is 6.42. The van der Waals surface area contributed by atoms with E-state index in [9.17, 15) is 9.59 Å². The van der Waals surface area contributed by atoms with Crippen molar-refractivity contribution in [1.82, 2.24) is 15.1 Å². The number of aliphatic imine (C=N–C) groups is 1. The minimum Gasteiger partial charge on any atom is -0.465 e. The Morgan fingerprint density at radius 2 is 1.92 bits per heavy atom. The fraction of sp³-hybridized carbons (Fsp3) is 0.500. The number of benzene rings is 1. The van der Waals surface area contributed by atoms with Crippen LogP contribution in [-0.4, -0.2) is 67.5 Å². The van der Waals surface area contributed by atoms with Crippen LogP contribution in [0.4, 0.5) is 0 Å². The zero-order valence-corrected chi connectivity index (χ0v) is 15.7. The van der Waals surface area contributed by atoms with E-state index in [1.54, 1.807) is 31.2 Å². The lowest BCUT2D eigenvalue weighted by atomic mass is 9.91. The van der Waals surface area contributed by atoms with E-state index in [1.807, 2.05) is 4.90 Å². The Labute approximate surface area is 158 Å². The van der Waals surface area contributed by atoms with E-state index in [0.29, 0.717) is 11.0 Å². The third-order valence-corrected chi connectivity index (χ3v) is 4.90. The molecule has 2 unspecified atom stereocenters. The van der Waals surface area contributed by atoms with Crippen molar-refractivity contribution >= 4 is 29.4 Å². The summed E-state index contributed by atoms with van der Waals surface area (Å²) in [6.07, 6.45) is 0. The third-order valence-electron chi connectivity index (χ3n) is 4.65. The van der Waals surface area contributed by atoms with E-state index < -0.39 is 17.9 Å². The van der Waals surface area contributed by atoms with Crippen LogP contribution >= 0.6 is 11.6 Å². The van der Waals surface area contributed by atoms with Crippen LogP contribution in [0.2, 0.25) is 5.02 Å². The topological polar surface area (TPSA) is 74.2 Å². The summed E-state index contributed by atoms with van der Waals surface area (Å²) >= 11 is 5.97. The average molecular weight is 379 g/mol. The van der Waals surface area contributed by atoms with Crippen molar-refractivity contribution < 1.29 is 14.3 Å². The molecule has 3 rings (SSSR count). The van der Waals surface area contributed by atoms with Crippen molar-refractivity contribution in [1.29, 1.82) is 0 Å². The Hall–Kier alpha value is -2.12. The van der Waals surface area contributed by atoms with E-state index >= 15 is 0 Å². The molecule has 1 saturated heterocycles. The number of likely N-dealkylation sites (N-methyl/N-ethyl adjacent to an activating group) is 1. The number of rotatable bonds is 3. The van der Waals surface area contributed by atoms with Crippen molar-refractivity contribution in [2.24, 2.45) is 10.9 Å². The molecule has 0 bridgehead atoms. The van der Waals surface area contributed by atoms with Gasteiger partial charge in [0.05, 0.1) is 6.61 Å². The molecular formula is C18H23ClN4O3. The predicted octanol–water partition coefficient (Wildman–Crippen LogP) is 1.29. The number of ether oxygens (including phenoxy) is 1. The van der Waals surface area contributed by atoms with Crippen LogP contribution in [0.15, 0.2) is 29.3 Å². The maximum Gasteiger partial charge on any atom is 0.321 e. The molecule has 1 aromatic rings. The number of carbonyl (C=O) groups is 2. The SMILES string of the molecule is CCOC(=O)C1C(=O)NC(N2CCN(C)CC2)=NC1c1ccc(Cl)cc1. The lowest BCUT2D eigenvalue weighted by Crippen LogP contribution is -2.56. The number of guanidine groups is 1. The molecule has 0 aromatic heterocycles. The van der Waals surface area contributed by atoms with Gasteiger partial charge >= 0.3 is 5.97 Å². The van der Waals surface area contributed by atoms with Gasteiger partial charge in [0.2, 0.25) is 11.9 Å². The van der Waals surface area contributed by atoms with E-state index in [0.717, 1.165) is 31.7 Å². The number of piperazine rings is 1. The molecular weight excluding hydrogens is 356 g/mol. The summed E-state index contributed by atoms with van der Waals surface area (Å²) in [5.41, 5.74) is 0.758. The zero-order valence-electron chi connectivity index (χ0n) is 14.9. The molecule has 0 saturated carbocycles. The summed E-state index contributed by atoms with van der Waals surface area (Å²) in [5, 5.41) is 3.38. The second kappa shape index (κ2) is 8.05. The van der Waals surface area contributed by atoms with E-state index in [2.05, 4.69) is 17.3 Å². The van der Waals surface area contributed by atoms with Gasteiger partial charge in [0.1, 0.15) is 6.04 Å². The Kier molecular flexibility index (Phi) is 5.78. The lowest BCUT2D eigenvalue weighted by Gasteiger charge is -2.37. The minimum absolute atomic E-state index is 0.213. The highest BCUT2D eigenvalue weighted by atomic mass is 35.5. The maximum absolute atomic E-state index is 12.7. The fourth-order valence-corrected chi connectivity index (χ4v) is 3.27. The highest BCUT2D eigenvalue weighted by Crippen LogP contribution is 2.31. The Bertz CT molecular complexity index is 699. The van der Waals surface area contributed by atoms with Gasteiger partial charge in [0, 0.05) is 31.2 Å². The van der Waals surface area contributed by atoms with E-state index in [1.165, 1.54) is 0 Å². The van der Waals surface area contributed by atoms with Crippen molar-refractivity contribution in [3.63, 3.8) is 0 Å². The molecule has 1 amide bonds. The van der Waals surface area contributed by atoms with Gasteiger partial charge in [-0.15, -0.1) is 0 Å². The highest BCUT2D eigenvalue weighted by Gasteiger charge is 2.42. The second-order valence-electron chi connectivity index (χ2n) is 6.46. The number of hydrogen-bond acceptors (Lipinski definition) is 6. The number of halogens is 1. The standard InChI is InChI=1S/C18H23ClN4O3/c1-3-26-17(25)14-15(12-4-6-13(19)7-5-12)20-18(21-16(14)24)23-10-8-22(2)9-11-23/h4-7,14-15H,3,8-11H2,1-2H3,(H,20,21,24). The summed E-state index contributed by atoms with van der Waals surface area (Å²) in [7, 11) is 2.06. The van der Waals surface area contributed by atoms with Crippen LogP contribution < -0.4 is 5.32 Å². The van der Waals surface area contributed by atoms with Gasteiger partial charge in [-0.3, -0.25) is 14.9 Å². The normalized spacial score (nSPS) is 24.0. The van der Waals surface area contributed by atoms with Crippen molar-refractivity contribution in [2.45, 2.75) is 13.0 Å². The third kappa shape index (κ3) is 3.99. The van der Waals surface area contributed by atoms with E-state index in [-0.39, 0.29) is 12.5 Å². The monoisotopic (exact) mass is 378 g/mol. The van der Waals surface area contributed by atoms with Crippen LogP contribution in [0.3, 0.4) is 0 Å². The molecule has 26 heavy (non-hydrogen) atoms. The average Bonchev–Trinajstić information content (AvgIpc) is 2.62. The minimum atomic E-state index is -1.01. The Balaban J connectivity index is 1.93. The number of esters is 1. The number of nitrogens with zero attached hydrogens (tertiary/aromatic N) is 3. The molecule has 1 aromatic carbocycles. The van der Waals surface area contributed by atoms with Gasteiger partial charge in [-0.05, 0) is 31.7 Å². The molecule has 1 N–H and O–H groups in total. The van der Waals surface area contributed by atoms with Gasteiger partial charge in [0.25, 0.3) is 0 Å². The number of carbonyl (C=O) groups excluding carboxylic acids is 2. The maximum atomic E-state index is 12.7. The van der Waals surface area contributed by atoms with Crippen LogP contribution in [-0.2, 0) is 14.3 Å². The Morgan fingerprint density at radius 3 is 2.54 bits per heavy atom. The Morgan fingerprint density at radius 1 is 1.27 bits per heavy atom. The second-order valence-corrected chi connectivity index (χ2v) is 6.89. The first-order valence-corrected chi connectivity index (χ1v) is 9.11. The molecule has 8 heteroatoms. The fourth-order valence-electron chi connectivity index (χ4n) is 3.14. The van der Waals surface area contributed by atoms with Crippen molar-refractivity contribution in [3.8, 4) is 0 Å². The van der Waals surface area contributed by atoms with Crippen molar-refractivity contribution in [2.75, 3.05) is 39.8 Å².